The Hall–Kier alpha value is -2.14. The topological polar surface area (TPSA) is 28.9 Å². The summed E-state index contributed by atoms with van der Waals surface area (Å²) in [6.07, 6.45) is 1.77. The highest BCUT2D eigenvalue weighted by Gasteiger charge is 2.25. The molecule has 140 valence electrons. The zero-order chi connectivity index (χ0) is 18.2. The van der Waals surface area contributed by atoms with E-state index in [1.165, 1.54) is 27.6 Å². The first kappa shape index (κ1) is 17.0. The molecule has 0 radical (unpaired) electrons. The van der Waals surface area contributed by atoms with Gasteiger partial charge < -0.3 is 14.1 Å². The number of hydrogen-bond acceptors (Lipinski definition) is 4. The third kappa shape index (κ3) is 3.41. The van der Waals surface area contributed by atoms with E-state index in [4.69, 9.17) is 9.15 Å². The molecule has 0 N–H and O–H groups in total. The fourth-order valence-electron chi connectivity index (χ4n) is 4.49. The molecule has 27 heavy (non-hydrogen) atoms. The maximum Gasteiger partial charge on any atom is 0.134 e. The Kier molecular flexibility index (Phi) is 4.48. The normalized spacial score (nSPS) is 21.4. The number of likely N-dealkylation sites (N-methyl/N-ethyl adjacent to an activating group) is 1. The van der Waals surface area contributed by atoms with Crippen LogP contribution in [0, 0.1) is 0 Å². The van der Waals surface area contributed by atoms with Crippen molar-refractivity contribution in [2.24, 2.45) is 0 Å². The predicted molar refractivity (Wildman–Crippen MR) is 107 cm³/mol. The van der Waals surface area contributed by atoms with Gasteiger partial charge in [0.2, 0.25) is 0 Å². The van der Waals surface area contributed by atoms with E-state index in [1.807, 2.05) is 6.07 Å². The van der Waals surface area contributed by atoms with Crippen molar-refractivity contribution in [1.29, 1.82) is 0 Å². The summed E-state index contributed by atoms with van der Waals surface area (Å²) in [5.74, 6) is 0.394. The molecular formula is C23H26N2O2. The van der Waals surface area contributed by atoms with Gasteiger partial charge in [-0.15, -0.1) is 0 Å². The molecule has 4 heteroatoms. The van der Waals surface area contributed by atoms with E-state index in [-0.39, 0.29) is 0 Å². The molecule has 0 aliphatic carbocycles. The molecule has 2 aromatic carbocycles. The first-order valence-electron chi connectivity index (χ1n) is 9.84. The van der Waals surface area contributed by atoms with Crippen molar-refractivity contribution in [3.05, 3.63) is 71.0 Å². The molecule has 0 bridgehead atoms. The molecule has 0 amide bonds. The fourth-order valence-corrected chi connectivity index (χ4v) is 4.49. The maximum absolute atomic E-state index is 5.64. The smallest absolute Gasteiger partial charge is 0.134 e. The minimum absolute atomic E-state index is 0.394. The van der Waals surface area contributed by atoms with E-state index in [1.54, 1.807) is 6.26 Å². The standard InChI is InChI=1S/C23H26N2O2/c1-24-15-20-12-17(14-25-7-10-26-11-8-25)2-5-21(20)22(16-24)19-4-3-18-6-9-27-23(18)13-19/h2-6,9,12-13,22H,7-8,10-11,14-16H2,1H3. The van der Waals surface area contributed by atoms with Crippen LogP contribution in [0.15, 0.2) is 53.1 Å². The Bertz CT molecular complexity index is 942. The van der Waals surface area contributed by atoms with Crippen molar-refractivity contribution >= 4 is 11.0 Å². The van der Waals surface area contributed by atoms with Crippen LogP contribution in [0.2, 0.25) is 0 Å². The Morgan fingerprint density at radius 3 is 2.81 bits per heavy atom. The molecule has 2 aliphatic rings. The van der Waals surface area contributed by atoms with Gasteiger partial charge in [0, 0.05) is 44.0 Å². The van der Waals surface area contributed by atoms with Crippen LogP contribution >= 0.6 is 0 Å². The minimum atomic E-state index is 0.394. The van der Waals surface area contributed by atoms with Gasteiger partial charge in [-0.05, 0) is 41.4 Å². The van der Waals surface area contributed by atoms with Crippen molar-refractivity contribution in [1.82, 2.24) is 9.80 Å². The summed E-state index contributed by atoms with van der Waals surface area (Å²) in [6, 6.07) is 15.8. The second-order valence-electron chi connectivity index (χ2n) is 7.89. The number of hydrogen-bond donors (Lipinski definition) is 0. The van der Waals surface area contributed by atoms with Crippen molar-refractivity contribution in [3.8, 4) is 0 Å². The summed E-state index contributed by atoms with van der Waals surface area (Å²) in [7, 11) is 2.22. The monoisotopic (exact) mass is 362 g/mol. The number of benzene rings is 2. The summed E-state index contributed by atoms with van der Waals surface area (Å²) in [6.45, 7) is 6.85. The van der Waals surface area contributed by atoms with Crippen molar-refractivity contribution in [2.75, 3.05) is 39.9 Å². The summed E-state index contributed by atoms with van der Waals surface area (Å²) in [4.78, 5) is 4.91. The molecule has 3 aromatic rings. The second-order valence-corrected chi connectivity index (χ2v) is 7.89. The number of furan rings is 1. The number of morpholine rings is 1. The number of nitrogens with zero attached hydrogens (tertiary/aromatic N) is 2. The highest BCUT2D eigenvalue weighted by molar-refractivity contribution is 5.78. The molecule has 0 saturated carbocycles. The Morgan fingerprint density at radius 2 is 1.93 bits per heavy atom. The Morgan fingerprint density at radius 1 is 1.04 bits per heavy atom. The lowest BCUT2D eigenvalue weighted by Gasteiger charge is -2.33. The van der Waals surface area contributed by atoms with Crippen molar-refractivity contribution in [2.45, 2.75) is 19.0 Å². The Balaban J connectivity index is 1.45. The molecule has 1 unspecified atom stereocenters. The SMILES string of the molecule is CN1Cc2cc(CN3CCOCC3)ccc2C(c2ccc3ccoc3c2)C1. The van der Waals surface area contributed by atoms with E-state index in [9.17, 15) is 0 Å². The van der Waals surface area contributed by atoms with Gasteiger partial charge in [0.05, 0.1) is 19.5 Å². The lowest BCUT2D eigenvalue weighted by molar-refractivity contribution is 0.0341. The van der Waals surface area contributed by atoms with E-state index in [0.717, 1.165) is 51.5 Å². The van der Waals surface area contributed by atoms with Crippen molar-refractivity contribution < 1.29 is 9.15 Å². The predicted octanol–water partition coefficient (Wildman–Crippen LogP) is 3.84. The quantitative estimate of drug-likeness (QED) is 0.708. The molecular weight excluding hydrogens is 336 g/mol. The van der Waals surface area contributed by atoms with E-state index in [2.05, 4.69) is 53.2 Å². The molecule has 1 saturated heterocycles. The highest BCUT2D eigenvalue weighted by Crippen LogP contribution is 2.35. The third-order valence-corrected chi connectivity index (χ3v) is 5.91. The second kappa shape index (κ2) is 7.12. The number of fused-ring (bicyclic) bond motifs is 2. The van der Waals surface area contributed by atoms with E-state index >= 15 is 0 Å². The largest absolute Gasteiger partial charge is 0.464 e. The van der Waals surface area contributed by atoms with Crippen LogP contribution in [0.4, 0.5) is 0 Å². The summed E-state index contributed by atoms with van der Waals surface area (Å²) >= 11 is 0. The summed E-state index contributed by atoms with van der Waals surface area (Å²) in [5.41, 5.74) is 6.65. The Labute approximate surface area is 160 Å². The van der Waals surface area contributed by atoms with Crippen LogP contribution < -0.4 is 0 Å². The summed E-state index contributed by atoms with van der Waals surface area (Å²) in [5, 5.41) is 1.17. The maximum atomic E-state index is 5.64. The molecule has 4 nitrogen and oxygen atoms in total. The van der Waals surface area contributed by atoms with Gasteiger partial charge >= 0.3 is 0 Å². The zero-order valence-electron chi connectivity index (χ0n) is 15.9. The van der Waals surface area contributed by atoms with Crippen LogP contribution in [0.3, 0.4) is 0 Å². The number of rotatable bonds is 3. The summed E-state index contributed by atoms with van der Waals surface area (Å²) < 4.78 is 11.1. The van der Waals surface area contributed by atoms with Gasteiger partial charge in [0.25, 0.3) is 0 Å². The molecule has 2 aliphatic heterocycles. The van der Waals surface area contributed by atoms with Crippen molar-refractivity contribution in [3.63, 3.8) is 0 Å². The minimum Gasteiger partial charge on any atom is -0.464 e. The molecule has 1 aromatic heterocycles. The van der Waals surface area contributed by atoms with Crippen LogP contribution in [0.1, 0.15) is 28.2 Å². The van der Waals surface area contributed by atoms with Gasteiger partial charge in [0.1, 0.15) is 5.58 Å². The fraction of sp³-hybridized carbons (Fsp3) is 0.391. The highest BCUT2D eigenvalue weighted by atomic mass is 16.5. The van der Waals surface area contributed by atoms with Crippen LogP contribution in [-0.4, -0.2) is 49.7 Å². The van der Waals surface area contributed by atoms with Gasteiger partial charge in [0.15, 0.2) is 0 Å². The van der Waals surface area contributed by atoms with Gasteiger partial charge in [-0.1, -0.05) is 30.3 Å². The number of ether oxygens (including phenoxy) is 1. The average molecular weight is 362 g/mol. The lowest BCUT2D eigenvalue weighted by atomic mass is 9.84. The third-order valence-electron chi connectivity index (χ3n) is 5.91. The molecule has 1 atom stereocenters. The molecule has 1 fully saturated rings. The first-order valence-corrected chi connectivity index (χ1v) is 9.84. The first-order chi connectivity index (χ1) is 13.3. The van der Waals surface area contributed by atoms with Crippen LogP contribution in [0.5, 0.6) is 0 Å². The van der Waals surface area contributed by atoms with E-state index in [0.29, 0.717) is 5.92 Å². The zero-order valence-corrected chi connectivity index (χ0v) is 15.9. The lowest BCUT2D eigenvalue weighted by Crippen LogP contribution is -2.36. The van der Waals surface area contributed by atoms with Crippen LogP contribution in [-0.2, 0) is 17.8 Å². The van der Waals surface area contributed by atoms with E-state index < -0.39 is 0 Å². The van der Waals surface area contributed by atoms with Gasteiger partial charge in [-0.3, -0.25) is 4.90 Å². The molecule has 0 spiro atoms. The molecule has 3 heterocycles. The van der Waals surface area contributed by atoms with Crippen LogP contribution in [0.25, 0.3) is 11.0 Å². The van der Waals surface area contributed by atoms with Gasteiger partial charge in [-0.2, -0.15) is 0 Å². The van der Waals surface area contributed by atoms with Gasteiger partial charge in [-0.25, -0.2) is 0 Å². The average Bonchev–Trinajstić information content (AvgIpc) is 3.15. The molecule has 5 rings (SSSR count).